The average molecular weight is 389 g/mol. The van der Waals surface area contributed by atoms with E-state index in [1.807, 2.05) is 29.2 Å². The van der Waals surface area contributed by atoms with Crippen LogP contribution in [0.2, 0.25) is 0 Å². The largest absolute Gasteiger partial charge is 0.378 e. The first-order valence-corrected chi connectivity index (χ1v) is 10.2. The van der Waals surface area contributed by atoms with E-state index in [2.05, 4.69) is 23.5 Å². The number of anilines is 1. The van der Waals surface area contributed by atoms with E-state index in [9.17, 15) is 14.9 Å². The van der Waals surface area contributed by atoms with Gasteiger partial charge in [0.05, 0.1) is 11.0 Å². The summed E-state index contributed by atoms with van der Waals surface area (Å²) in [6.07, 6.45) is 7.57. The van der Waals surface area contributed by atoms with E-state index in [0.29, 0.717) is 5.92 Å². The number of carbonyl (C=O) groups is 1. The van der Waals surface area contributed by atoms with Crippen LogP contribution in [0, 0.1) is 16.0 Å². The molecule has 3 unspecified atom stereocenters. The van der Waals surface area contributed by atoms with E-state index in [0.717, 1.165) is 49.2 Å². The van der Waals surface area contributed by atoms with Crippen LogP contribution in [0.5, 0.6) is 0 Å². The number of fused-ring (bicyclic) bond motifs is 3. The lowest BCUT2D eigenvalue weighted by atomic mass is 9.76. The van der Waals surface area contributed by atoms with Crippen molar-refractivity contribution >= 4 is 17.3 Å². The number of nitrogens with one attached hydrogen (secondary N) is 1. The van der Waals surface area contributed by atoms with Gasteiger partial charge in [0.1, 0.15) is 0 Å². The van der Waals surface area contributed by atoms with Crippen molar-refractivity contribution in [1.29, 1.82) is 0 Å². The van der Waals surface area contributed by atoms with E-state index >= 15 is 0 Å². The van der Waals surface area contributed by atoms with Crippen LogP contribution in [-0.2, 0) is 0 Å². The Labute approximate surface area is 169 Å². The molecule has 148 valence electrons. The fourth-order valence-corrected chi connectivity index (χ4v) is 4.96. The van der Waals surface area contributed by atoms with Gasteiger partial charge in [-0.2, -0.15) is 0 Å². The summed E-state index contributed by atoms with van der Waals surface area (Å²) >= 11 is 0. The Hall–Kier alpha value is -3.15. The highest BCUT2D eigenvalue weighted by Gasteiger charge is 2.38. The van der Waals surface area contributed by atoms with Gasteiger partial charge in [-0.05, 0) is 54.5 Å². The minimum absolute atomic E-state index is 0.0865. The number of benzene rings is 2. The van der Waals surface area contributed by atoms with Crippen molar-refractivity contribution in [2.45, 2.75) is 31.2 Å². The summed E-state index contributed by atoms with van der Waals surface area (Å²) in [5, 5.41) is 14.6. The van der Waals surface area contributed by atoms with E-state index < -0.39 is 0 Å². The van der Waals surface area contributed by atoms with E-state index in [-0.39, 0.29) is 28.5 Å². The molecule has 0 spiro atoms. The van der Waals surface area contributed by atoms with Crippen LogP contribution >= 0.6 is 0 Å². The second-order valence-electron chi connectivity index (χ2n) is 8.13. The van der Waals surface area contributed by atoms with Gasteiger partial charge < -0.3 is 10.2 Å². The highest BCUT2D eigenvalue weighted by molar-refractivity contribution is 5.95. The molecule has 1 saturated heterocycles. The lowest BCUT2D eigenvalue weighted by Gasteiger charge is -2.37. The van der Waals surface area contributed by atoms with Gasteiger partial charge in [0, 0.05) is 42.4 Å². The molecule has 2 aromatic carbocycles. The summed E-state index contributed by atoms with van der Waals surface area (Å²) in [6.45, 7) is 1.70. The minimum atomic E-state index is -0.369. The molecule has 0 radical (unpaired) electrons. The highest BCUT2D eigenvalue weighted by Crippen LogP contribution is 2.50. The number of non-ortho nitro benzene ring substituents is 1. The van der Waals surface area contributed by atoms with Crippen LogP contribution in [0.15, 0.2) is 54.6 Å². The van der Waals surface area contributed by atoms with Crippen molar-refractivity contribution < 1.29 is 9.72 Å². The number of amides is 1. The molecule has 0 bridgehead atoms. The molecular weight excluding hydrogens is 366 g/mol. The number of nitro benzene ring substituents is 1. The maximum absolute atomic E-state index is 12.8. The molecular formula is C23H23N3O3. The Bertz CT molecular complexity index is 993. The molecule has 1 fully saturated rings. The summed E-state index contributed by atoms with van der Waals surface area (Å²) in [7, 11) is 0. The molecule has 0 aromatic heterocycles. The number of allylic oxidation sites excluding steroid dienone is 2. The topological polar surface area (TPSA) is 75.5 Å². The third-order valence-electron chi connectivity index (χ3n) is 6.47. The molecule has 2 aromatic rings. The molecule has 1 aliphatic carbocycles. The molecule has 6 nitrogen and oxygen atoms in total. The minimum Gasteiger partial charge on any atom is -0.378 e. The Balaban J connectivity index is 1.46. The van der Waals surface area contributed by atoms with E-state index in [1.165, 1.54) is 5.56 Å². The normalized spacial score (nSPS) is 24.7. The third-order valence-corrected chi connectivity index (χ3v) is 6.47. The molecule has 5 rings (SSSR count). The predicted octanol–water partition coefficient (Wildman–Crippen LogP) is 4.66. The molecule has 29 heavy (non-hydrogen) atoms. The summed E-state index contributed by atoms with van der Waals surface area (Å²) in [4.78, 5) is 25.4. The van der Waals surface area contributed by atoms with Crippen LogP contribution in [-0.4, -0.2) is 28.8 Å². The lowest BCUT2D eigenvalue weighted by Crippen LogP contribution is -2.30. The zero-order valence-electron chi connectivity index (χ0n) is 16.1. The average Bonchev–Trinajstić information content (AvgIpc) is 3.44. The SMILES string of the molecule is O=C(c1ccc2c(c1)C1C=CCC1C(c1ccc([N+](=O)[O-])cc1)N2)N1CCCC1. The lowest BCUT2D eigenvalue weighted by molar-refractivity contribution is -0.384. The van der Waals surface area contributed by atoms with Gasteiger partial charge in [0.2, 0.25) is 0 Å². The zero-order valence-corrected chi connectivity index (χ0v) is 16.1. The third kappa shape index (κ3) is 3.09. The van der Waals surface area contributed by atoms with Gasteiger partial charge in [-0.3, -0.25) is 14.9 Å². The van der Waals surface area contributed by atoms with Crippen LogP contribution in [0.1, 0.15) is 52.7 Å². The number of hydrogen-bond acceptors (Lipinski definition) is 4. The maximum Gasteiger partial charge on any atom is 0.269 e. The molecule has 1 amide bonds. The number of hydrogen-bond donors (Lipinski definition) is 1. The Kier molecular flexibility index (Phi) is 4.34. The standard InChI is InChI=1S/C23H23N3O3/c27-23(25-12-1-2-13-25)16-8-11-21-20(14-16)18-4-3-5-19(18)22(24-21)15-6-9-17(10-7-15)26(28)29/h3-4,6-11,14,18-19,22,24H,1-2,5,12-13H2. The number of nitro groups is 1. The first kappa shape index (κ1) is 17.9. The molecule has 3 aliphatic rings. The fraction of sp³-hybridized carbons (Fsp3) is 0.348. The van der Waals surface area contributed by atoms with Gasteiger partial charge in [-0.15, -0.1) is 0 Å². The monoisotopic (exact) mass is 389 g/mol. The van der Waals surface area contributed by atoms with Crippen molar-refractivity contribution in [3.8, 4) is 0 Å². The second-order valence-corrected chi connectivity index (χ2v) is 8.13. The number of carbonyl (C=O) groups excluding carboxylic acids is 1. The predicted molar refractivity (Wildman–Crippen MR) is 111 cm³/mol. The van der Waals surface area contributed by atoms with Crippen LogP contribution < -0.4 is 5.32 Å². The van der Waals surface area contributed by atoms with Crippen molar-refractivity contribution in [1.82, 2.24) is 4.90 Å². The summed E-state index contributed by atoms with van der Waals surface area (Å²) in [5.41, 5.74) is 4.14. The quantitative estimate of drug-likeness (QED) is 0.471. The van der Waals surface area contributed by atoms with Crippen molar-refractivity contribution in [2.75, 3.05) is 18.4 Å². The first-order chi connectivity index (χ1) is 14.1. The van der Waals surface area contributed by atoms with Gasteiger partial charge in [-0.25, -0.2) is 0 Å². The number of likely N-dealkylation sites (tertiary alicyclic amines) is 1. The van der Waals surface area contributed by atoms with Gasteiger partial charge in [0.15, 0.2) is 0 Å². The molecule has 3 atom stereocenters. The van der Waals surface area contributed by atoms with Crippen molar-refractivity contribution in [3.05, 3.63) is 81.4 Å². The Morgan fingerprint density at radius 3 is 2.59 bits per heavy atom. The van der Waals surface area contributed by atoms with Crippen LogP contribution in [0.25, 0.3) is 0 Å². The summed E-state index contributed by atoms with van der Waals surface area (Å²) < 4.78 is 0. The van der Waals surface area contributed by atoms with Gasteiger partial charge >= 0.3 is 0 Å². The zero-order chi connectivity index (χ0) is 20.0. The smallest absolute Gasteiger partial charge is 0.269 e. The van der Waals surface area contributed by atoms with Crippen molar-refractivity contribution in [2.24, 2.45) is 5.92 Å². The van der Waals surface area contributed by atoms with Gasteiger partial charge in [-0.1, -0.05) is 24.3 Å². The van der Waals surface area contributed by atoms with E-state index in [1.54, 1.807) is 12.1 Å². The maximum atomic E-state index is 12.8. The Morgan fingerprint density at radius 1 is 1.10 bits per heavy atom. The second kappa shape index (κ2) is 7.03. The van der Waals surface area contributed by atoms with Gasteiger partial charge in [0.25, 0.3) is 11.6 Å². The fourth-order valence-electron chi connectivity index (χ4n) is 4.96. The summed E-state index contributed by atoms with van der Waals surface area (Å²) in [6, 6.07) is 12.9. The number of nitrogens with zero attached hydrogens (tertiary/aromatic N) is 2. The summed E-state index contributed by atoms with van der Waals surface area (Å²) in [5.74, 6) is 0.709. The molecule has 6 heteroatoms. The van der Waals surface area contributed by atoms with Crippen molar-refractivity contribution in [3.63, 3.8) is 0 Å². The molecule has 0 saturated carbocycles. The Morgan fingerprint density at radius 2 is 1.86 bits per heavy atom. The van der Waals surface area contributed by atoms with Crippen LogP contribution in [0.3, 0.4) is 0 Å². The molecule has 2 aliphatic heterocycles. The number of rotatable bonds is 3. The highest BCUT2D eigenvalue weighted by atomic mass is 16.6. The van der Waals surface area contributed by atoms with Crippen LogP contribution in [0.4, 0.5) is 11.4 Å². The first-order valence-electron chi connectivity index (χ1n) is 10.2. The molecule has 1 N–H and O–H groups in total. The van der Waals surface area contributed by atoms with E-state index in [4.69, 9.17) is 0 Å². The molecule has 2 heterocycles.